The van der Waals surface area contributed by atoms with Gasteiger partial charge in [0.25, 0.3) is 0 Å². The van der Waals surface area contributed by atoms with E-state index in [4.69, 9.17) is 4.98 Å². The number of thiophene rings is 1. The maximum Gasteiger partial charge on any atom is 0.140 e. The van der Waals surface area contributed by atoms with Gasteiger partial charge in [-0.3, -0.25) is 4.57 Å². The van der Waals surface area contributed by atoms with Crippen molar-refractivity contribution in [3.8, 4) is 16.9 Å². The Morgan fingerprint density at radius 1 is 0.588 bits per heavy atom. The first kappa shape index (κ1) is 28.8. The van der Waals surface area contributed by atoms with Crippen molar-refractivity contribution in [3.05, 3.63) is 181 Å². The second kappa shape index (κ2) is 11.3. The lowest BCUT2D eigenvalue weighted by Crippen LogP contribution is -2.29. The molecule has 0 fully saturated rings. The molecule has 5 aromatic carbocycles. The third-order valence-corrected chi connectivity index (χ3v) is 12.2. The number of allylic oxidation sites excluding steroid dienone is 6. The highest BCUT2D eigenvalue weighted by Gasteiger charge is 2.39. The minimum absolute atomic E-state index is 0.137. The predicted molar refractivity (Wildman–Crippen MR) is 216 cm³/mol. The third-order valence-electron chi connectivity index (χ3n) is 11.1. The molecule has 0 saturated heterocycles. The summed E-state index contributed by atoms with van der Waals surface area (Å²) >= 11 is 1.89. The van der Waals surface area contributed by atoms with Crippen molar-refractivity contribution >= 4 is 64.8 Å². The molecule has 3 aliphatic rings. The molecule has 242 valence electrons. The van der Waals surface area contributed by atoms with Gasteiger partial charge in [-0.2, -0.15) is 0 Å². The maximum absolute atomic E-state index is 5.48. The van der Waals surface area contributed by atoms with Gasteiger partial charge in [0.05, 0.1) is 22.8 Å². The van der Waals surface area contributed by atoms with Gasteiger partial charge in [-0.25, -0.2) is 4.98 Å². The van der Waals surface area contributed by atoms with Crippen LogP contribution < -0.4 is 4.90 Å². The molecule has 3 aromatic heterocycles. The summed E-state index contributed by atoms with van der Waals surface area (Å²) in [4.78, 5) is 7.97. The lowest BCUT2D eigenvalue weighted by atomic mass is 9.90. The van der Waals surface area contributed by atoms with Crippen LogP contribution in [-0.2, 0) is 0 Å². The summed E-state index contributed by atoms with van der Waals surface area (Å²) in [7, 11) is 0. The fourth-order valence-corrected chi connectivity index (χ4v) is 9.81. The van der Waals surface area contributed by atoms with E-state index in [1.54, 1.807) is 0 Å². The number of rotatable bonds is 4. The Labute approximate surface area is 300 Å². The van der Waals surface area contributed by atoms with Crippen LogP contribution in [0.5, 0.6) is 0 Å². The number of aromatic nitrogens is 2. The molecule has 0 radical (unpaired) electrons. The average molecular weight is 672 g/mol. The molecule has 2 aliphatic carbocycles. The molecule has 4 heteroatoms. The zero-order valence-corrected chi connectivity index (χ0v) is 28.7. The molecule has 51 heavy (non-hydrogen) atoms. The molecule has 0 saturated carbocycles. The number of anilines is 2. The number of benzene rings is 5. The first-order chi connectivity index (χ1) is 25.3. The molecule has 8 aromatic rings. The van der Waals surface area contributed by atoms with Crippen LogP contribution in [0, 0.1) is 0 Å². The molecular formula is C47H33N3S. The van der Waals surface area contributed by atoms with Crippen LogP contribution in [0.3, 0.4) is 0 Å². The predicted octanol–water partition coefficient (Wildman–Crippen LogP) is 12.5. The van der Waals surface area contributed by atoms with Crippen molar-refractivity contribution in [1.82, 2.24) is 9.55 Å². The molecule has 11 rings (SSSR count). The summed E-state index contributed by atoms with van der Waals surface area (Å²) in [5.74, 6) is 2.55. The van der Waals surface area contributed by atoms with E-state index < -0.39 is 0 Å². The number of hydrogen-bond donors (Lipinski definition) is 0. The highest BCUT2D eigenvalue weighted by molar-refractivity contribution is 7.25. The summed E-state index contributed by atoms with van der Waals surface area (Å²) in [5.41, 5.74) is 8.79. The van der Waals surface area contributed by atoms with Crippen molar-refractivity contribution < 1.29 is 0 Å². The lowest BCUT2D eigenvalue weighted by molar-refractivity contribution is 0.737. The van der Waals surface area contributed by atoms with Gasteiger partial charge in [0.1, 0.15) is 11.6 Å². The molecule has 0 spiro atoms. The highest BCUT2D eigenvalue weighted by Crippen LogP contribution is 2.52. The van der Waals surface area contributed by atoms with E-state index in [9.17, 15) is 0 Å². The normalized spacial score (nSPS) is 19.1. The van der Waals surface area contributed by atoms with Crippen LogP contribution in [0.15, 0.2) is 170 Å². The van der Waals surface area contributed by atoms with E-state index in [1.807, 2.05) is 11.3 Å². The summed E-state index contributed by atoms with van der Waals surface area (Å²) in [6.07, 6.45) is 19.1. The minimum atomic E-state index is 0.137. The molecular weight excluding hydrogens is 639 g/mol. The zero-order valence-electron chi connectivity index (χ0n) is 27.9. The Kier molecular flexibility index (Phi) is 6.37. The second-order valence-electron chi connectivity index (χ2n) is 13.8. The van der Waals surface area contributed by atoms with Crippen LogP contribution >= 0.6 is 11.3 Å². The van der Waals surface area contributed by atoms with Crippen molar-refractivity contribution in [1.29, 1.82) is 0 Å². The van der Waals surface area contributed by atoms with E-state index in [0.29, 0.717) is 5.92 Å². The van der Waals surface area contributed by atoms with Crippen molar-refractivity contribution in [2.45, 2.75) is 24.3 Å². The van der Waals surface area contributed by atoms with Crippen molar-refractivity contribution in [2.75, 3.05) is 4.90 Å². The van der Waals surface area contributed by atoms with Gasteiger partial charge in [-0.15, -0.1) is 11.3 Å². The van der Waals surface area contributed by atoms with Gasteiger partial charge < -0.3 is 4.90 Å². The third kappa shape index (κ3) is 4.40. The number of hydrogen-bond acceptors (Lipinski definition) is 3. The molecule has 1 aliphatic heterocycles. The number of pyridine rings is 1. The Morgan fingerprint density at radius 2 is 1.31 bits per heavy atom. The standard InChI is InChI=1S/C47H33N3S/c1-2-12-30(13-3-1)31-24-26-43-38(28-31)39-29-32(25-27-44(39)51-43)33-17-10-18-37-36-16-6-9-21-42(36)50(47(33)37)46-23-11-22-45(48-46)49-40-19-7-4-14-34(40)35-15-5-8-20-41(35)49/h1-12,14-30,36,42H,13H2. The summed E-state index contributed by atoms with van der Waals surface area (Å²) in [5, 5.41) is 5.16. The Balaban J connectivity index is 1.08. The van der Waals surface area contributed by atoms with E-state index >= 15 is 0 Å². The highest BCUT2D eigenvalue weighted by atomic mass is 32.1. The van der Waals surface area contributed by atoms with Gasteiger partial charge in [-0.05, 0) is 71.6 Å². The van der Waals surface area contributed by atoms with E-state index in [-0.39, 0.29) is 12.0 Å². The second-order valence-corrected chi connectivity index (χ2v) is 14.9. The number of para-hydroxylation sites is 3. The Bertz CT molecular complexity index is 2770. The number of fused-ring (bicyclic) bond motifs is 9. The summed E-state index contributed by atoms with van der Waals surface area (Å²) in [6, 6.07) is 44.9. The van der Waals surface area contributed by atoms with Crippen LogP contribution in [0.2, 0.25) is 0 Å². The lowest BCUT2D eigenvalue weighted by Gasteiger charge is -2.29. The molecule has 3 unspecified atom stereocenters. The topological polar surface area (TPSA) is 21.1 Å². The molecule has 3 atom stereocenters. The van der Waals surface area contributed by atoms with E-state index in [2.05, 4.69) is 179 Å². The largest absolute Gasteiger partial charge is 0.318 e. The fourth-order valence-electron chi connectivity index (χ4n) is 8.74. The van der Waals surface area contributed by atoms with Gasteiger partial charge >= 0.3 is 0 Å². The average Bonchev–Trinajstić information content (AvgIpc) is 3.85. The summed E-state index contributed by atoms with van der Waals surface area (Å²) in [6.45, 7) is 0. The van der Waals surface area contributed by atoms with E-state index in [1.165, 1.54) is 69.9 Å². The van der Waals surface area contributed by atoms with Gasteiger partial charge in [-0.1, -0.05) is 121 Å². The molecule has 0 bridgehead atoms. The van der Waals surface area contributed by atoms with Crippen LogP contribution in [0.1, 0.15) is 29.4 Å². The smallest absolute Gasteiger partial charge is 0.140 e. The van der Waals surface area contributed by atoms with Crippen LogP contribution in [0.4, 0.5) is 11.5 Å². The van der Waals surface area contributed by atoms with Gasteiger partial charge in [0.2, 0.25) is 0 Å². The first-order valence-corrected chi connectivity index (χ1v) is 18.6. The Morgan fingerprint density at radius 3 is 2.14 bits per heavy atom. The molecule has 0 N–H and O–H groups in total. The quantitative estimate of drug-likeness (QED) is 0.186. The van der Waals surface area contributed by atoms with Crippen LogP contribution in [0.25, 0.3) is 58.9 Å². The fraction of sp³-hybridized carbons (Fsp3) is 0.0851. The van der Waals surface area contributed by atoms with Gasteiger partial charge in [0.15, 0.2) is 0 Å². The van der Waals surface area contributed by atoms with E-state index in [0.717, 1.165) is 18.1 Å². The summed E-state index contributed by atoms with van der Waals surface area (Å²) < 4.78 is 4.98. The first-order valence-electron chi connectivity index (χ1n) is 17.8. The SMILES string of the molecule is C1=CCC(c2ccc3sc4ccc(-c5cccc6c5N(c5cccc(-n7c8ccccc8c8ccccc87)n5)C5C=CC=CC65)cc4c3c2)C=C1. The molecule has 3 nitrogen and oxygen atoms in total. The van der Waals surface area contributed by atoms with Gasteiger partial charge in [0, 0.05) is 48.3 Å². The van der Waals surface area contributed by atoms with Crippen molar-refractivity contribution in [2.24, 2.45) is 0 Å². The molecule has 0 amide bonds. The van der Waals surface area contributed by atoms with Crippen molar-refractivity contribution in [3.63, 3.8) is 0 Å². The molecule has 4 heterocycles. The van der Waals surface area contributed by atoms with Crippen LogP contribution in [-0.4, -0.2) is 15.6 Å². The zero-order chi connectivity index (χ0) is 33.5. The monoisotopic (exact) mass is 671 g/mol. The maximum atomic E-state index is 5.48. The Hall–Kier alpha value is -5.97. The number of nitrogens with zero attached hydrogens (tertiary/aromatic N) is 3. The minimum Gasteiger partial charge on any atom is -0.318 e.